The van der Waals surface area contributed by atoms with Gasteiger partial charge in [0.1, 0.15) is 0 Å². The molecule has 48 valence electrons. The number of methoxy groups -OCH3 is 1. The van der Waals surface area contributed by atoms with Crippen LogP contribution in [0.15, 0.2) is 0 Å². The Morgan fingerprint density at radius 3 is 1.14 bits per heavy atom. The predicted molar refractivity (Wildman–Crippen MR) is 35.6 cm³/mol. The third-order valence-corrected chi connectivity index (χ3v) is 0. The van der Waals surface area contributed by atoms with Crippen molar-refractivity contribution in [3.05, 3.63) is 0 Å². The van der Waals surface area contributed by atoms with E-state index in [2.05, 4.69) is 18.6 Å². The zero-order chi connectivity index (χ0) is 5.41. The summed E-state index contributed by atoms with van der Waals surface area (Å²) in [6.07, 6.45) is 1.25. The monoisotopic (exact) mass is 106 g/mol. The molecule has 1 nitrogen and oxygen atoms in total. The van der Waals surface area contributed by atoms with Crippen molar-refractivity contribution in [2.24, 2.45) is 0 Å². The minimum atomic E-state index is 0. The molecule has 0 saturated heterocycles. The van der Waals surface area contributed by atoms with Crippen LogP contribution in [0.2, 0.25) is 0 Å². The quantitative estimate of drug-likeness (QED) is 0.460. The molecule has 0 aliphatic carbocycles. The molecule has 0 bridgehead atoms. The summed E-state index contributed by atoms with van der Waals surface area (Å²) >= 11 is 0. The topological polar surface area (TPSA) is 9.23 Å². The molecule has 0 aliphatic rings. The number of hydrogen-bond donors (Lipinski definition) is 0. The van der Waals surface area contributed by atoms with E-state index >= 15 is 0 Å². The van der Waals surface area contributed by atoms with Gasteiger partial charge in [-0.05, 0) is 0 Å². The maximum atomic E-state index is 4.25. The minimum Gasteiger partial charge on any atom is -0.388 e. The van der Waals surface area contributed by atoms with Crippen LogP contribution in [0.3, 0.4) is 0 Å². The molecule has 0 unspecified atom stereocenters. The van der Waals surface area contributed by atoms with E-state index in [1.807, 2.05) is 0 Å². The first-order chi connectivity index (χ1) is 2.83. The van der Waals surface area contributed by atoms with Crippen molar-refractivity contribution in [2.75, 3.05) is 14.2 Å². The predicted octanol–water partition coefficient (Wildman–Crippen LogP) is 2.32. The Hall–Kier alpha value is -0.0400. The van der Waals surface area contributed by atoms with Crippen molar-refractivity contribution >= 4 is 0 Å². The van der Waals surface area contributed by atoms with Gasteiger partial charge in [0, 0.05) is 14.2 Å². The number of rotatable bonds is 0. The van der Waals surface area contributed by atoms with Gasteiger partial charge in [-0.15, -0.1) is 0 Å². The molecule has 0 rings (SSSR count). The second-order valence-corrected chi connectivity index (χ2v) is 1.12. The lowest BCUT2D eigenvalue weighted by atomic mass is 10.6. The van der Waals surface area contributed by atoms with Crippen LogP contribution >= 0.6 is 0 Å². The third kappa shape index (κ3) is 58400. The Balaban J connectivity index is -0.0000000400. The fourth-order valence-electron chi connectivity index (χ4n) is 0. The van der Waals surface area contributed by atoms with E-state index in [0.29, 0.717) is 0 Å². The summed E-state index contributed by atoms with van der Waals surface area (Å²) in [6, 6.07) is 0. The number of hydrogen-bond acceptors (Lipinski definition) is 1. The molecule has 0 N–H and O–H groups in total. The molecule has 1 heteroatoms. The van der Waals surface area contributed by atoms with E-state index in [1.165, 1.54) is 6.42 Å². The van der Waals surface area contributed by atoms with E-state index in [-0.39, 0.29) is 7.43 Å². The van der Waals surface area contributed by atoms with Crippen molar-refractivity contribution in [1.82, 2.24) is 0 Å². The Morgan fingerprint density at radius 2 is 1.14 bits per heavy atom. The molecule has 0 amide bonds. The smallest absolute Gasteiger partial charge is 0.0351 e. The normalized spacial score (nSPS) is 5.14. The molecule has 0 aromatic rings. The molecule has 0 aliphatic heterocycles. The Labute approximate surface area is 47.7 Å². The van der Waals surface area contributed by atoms with Gasteiger partial charge in [0.15, 0.2) is 0 Å². The summed E-state index contributed by atoms with van der Waals surface area (Å²) < 4.78 is 4.25. The highest BCUT2D eigenvalue weighted by atomic mass is 16.4. The van der Waals surface area contributed by atoms with Gasteiger partial charge in [-0.3, -0.25) is 0 Å². The highest BCUT2D eigenvalue weighted by Crippen LogP contribution is 1.56. The van der Waals surface area contributed by atoms with Gasteiger partial charge in [0.05, 0.1) is 0 Å². The SMILES string of the molecule is C.CCC.COC. The molecule has 0 aromatic heterocycles. The van der Waals surface area contributed by atoms with Gasteiger partial charge in [0.2, 0.25) is 0 Å². The first kappa shape index (κ1) is 15.8. The maximum Gasteiger partial charge on any atom is 0.0351 e. The van der Waals surface area contributed by atoms with Gasteiger partial charge in [0.25, 0.3) is 0 Å². The summed E-state index contributed by atoms with van der Waals surface area (Å²) in [5.41, 5.74) is 0. The van der Waals surface area contributed by atoms with Gasteiger partial charge in [-0.2, -0.15) is 0 Å². The molecule has 7 heavy (non-hydrogen) atoms. The van der Waals surface area contributed by atoms with E-state index in [9.17, 15) is 0 Å². The average molecular weight is 106 g/mol. The van der Waals surface area contributed by atoms with Crippen molar-refractivity contribution in [3.8, 4) is 0 Å². The van der Waals surface area contributed by atoms with Crippen LogP contribution in [0.1, 0.15) is 27.7 Å². The second kappa shape index (κ2) is 38.2. The van der Waals surface area contributed by atoms with Crippen LogP contribution in [0.25, 0.3) is 0 Å². The highest BCUT2D eigenvalue weighted by Gasteiger charge is 1.35. The summed E-state index contributed by atoms with van der Waals surface area (Å²) in [4.78, 5) is 0. The zero-order valence-electron chi connectivity index (χ0n) is 5.12. The standard InChI is InChI=1S/C3H8.C2H6O.CH4/c2*1-3-2;/h3H2,1-2H3;1-2H3;1H4. The Bertz CT molecular complexity index is 6.14. The van der Waals surface area contributed by atoms with Crippen molar-refractivity contribution < 1.29 is 4.74 Å². The average Bonchev–Trinajstić information content (AvgIpc) is 1.39. The van der Waals surface area contributed by atoms with Crippen LogP contribution in [0, 0.1) is 0 Å². The fraction of sp³-hybridized carbons (Fsp3) is 1.00. The lowest BCUT2D eigenvalue weighted by Gasteiger charge is -1.61. The molecule has 0 spiro atoms. The van der Waals surface area contributed by atoms with Gasteiger partial charge >= 0.3 is 0 Å². The van der Waals surface area contributed by atoms with Gasteiger partial charge in [-0.25, -0.2) is 0 Å². The third-order valence-electron chi connectivity index (χ3n) is 0. The first-order valence-corrected chi connectivity index (χ1v) is 2.23. The van der Waals surface area contributed by atoms with Crippen LogP contribution in [-0.4, -0.2) is 14.2 Å². The lowest BCUT2D eigenvalue weighted by Crippen LogP contribution is -1.55. The van der Waals surface area contributed by atoms with Crippen LogP contribution in [0.4, 0.5) is 0 Å². The van der Waals surface area contributed by atoms with Crippen LogP contribution < -0.4 is 0 Å². The van der Waals surface area contributed by atoms with Crippen molar-refractivity contribution in [1.29, 1.82) is 0 Å². The van der Waals surface area contributed by atoms with Gasteiger partial charge in [-0.1, -0.05) is 27.7 Å². The molecule has 0 saturated carbocycles. The fourth-order valence-corrected chi connectivity index (χ4v) is 0. The minimum absolute atomic E-state index is 0. The summed E-state index contributed by atoms with van der Waals surface area (Å²) in [7, 11) is 3.25. The Kier molecular flexibility index (Phi) is 86.0. The van der Waals surface area contributed by atoms with Crippen molar-refractivity contribution in [3.63, 3.8) is 0 Å². The van der Waals surface area contributed by atoms with Crippen molar-refractivity contribution in [2.45, 2.75) is 27.7 Å². The lowest BCUT2D eigenvalue weighted by molar-refractivity contribution is 0.277. The van der Waals surface area contributed by atoms with E-state index in [0.717, 1.165) is 0 Å². The summed E-state index contributed by atoms with van der Waals surface area (Å²) in [6.45, 7) is 4.25. The highest BCUT2D eigenvalue weighted by molar-refractivity contribution is 3.92. The zero-order valence-corrected chi connectivity index (χ0v) is 5.12. The Morgan fingerprint density at radius 1 is 1.14 bits per heavy atom. The largest absolute Gasteiger partial charge is 0.388 e. The molecule has 0 radical (unpaired) electrons. The molecule has 0 heterocycles. The first-order valence-electron chi connectivity index (χ1n) is 2.23. The van der Waals surface area contributed by atoms with E-state index in [1.54, 1.807) is 14.2 Å². The molecular formula is C6H18O. The molecular weight excluding hydrogens is 88.1 g/mol. The van der Waals surface area contributed by atoms with Crippen LogP contribution in [-0.2, 0) is 4.74 Å². The number of ether oxygens (including phenoxy) is 1. The molecule has 0 fully saturated rings. The van der Waals surface area contributed by atoms with E-state index in [4.69, 9.17) is 0 Å². The molecule has 0 aromatic carbocycles. The second-order valence-electron chi connectivity index (χ2n) is 1.12. The summed E-state index contributed by atoms with van der Waals surface area (Å²) in [5.74, 6) is 0. The maximum absolute atomic E-state index is 4.25. The van der Waals surface area contributed by atoms with Gasteiger partial charge < -0.3 is 4.74 Å². The summed E-state index contributed by atoms with van der Waals surface area (Å²) in [5, 5.41) is 0. The van der Waals surface area contributed by atoms with Crippen LogP contribution in [0.5, 0.6) is 0 Å². The van der Waals surface area contributed by atoms with E-state index < -0.39 is 0 Å². The molecule has 0 atom stereocenters.